The van der Waals surface area contributed by atoms with E-state index in [0.717, 1.165) is 82.8 Å². The Morgan fingerprint density at radius 3 is 2.21 bits per heavy atom. The van der Waals surface area contributed by atoms with Gasteiger partial charge in [0.1, 0.15) is 17.7 Å². The molecule has 0 atom stereocenters. The number of ether oxygens (including phenoxy) is 1. The lowest BCUT2D eigenvalue weighted by Gasteiger charge is -2.39. The van der Waals surface area contributed by atoms with Crippen LogP contribution in [-0.4, -0.2) is 121 Å². The van der Waals surface area contributed by atoms with E-state index in [1.165, 1.54) is 36.9 Å². The van der Waals surface area contributed by atoms with Gasteiger partial charge in [-0.3, -0.25) is 10.3 Å². The molecule has 1 aromatic carbocycles. The molecule has 3 heterocycles. The van der Waals surface area contributed by atoms with Crippen molar-refractivity contribution in [3.05, 3.63) is 29.3 Å². The second kappa shape index (κ2) is 17.5. The molecule has 12 nitrogen and oxygen atoms in total. The van der Waals surface area contributed by atoms with Gasteiger partial charge >= 0.3 is 12.1 Å². The second-order valence-electron chi connectivity index (χ2n) is 13.9. The van der Waals surface area contributed by atoms with E-state index in [1.807, 2.05) is 46.0 Å². The molecule has 0 radical (unpaired) electrons. The molecular formula is C34H56N8O4S. The van der Waals surface area contributed by atoms with Crippen LogP contribution in [0.3, 0.4) is 0 Å². The van der Waals surface area contributed by atoms with Crippen LogP contribution in [0, 0.1) is 11.3 Å². The lowest BCUT2D eigenvalue weighted by Crippen LogP contribution is -2.45. The number of hydrogen-bond acceptors (Lipinski definition) is 10. The predicted octanol–water partition coefficient (Wildman–Crippen LogP) is 4.73. The summed E-state index contributed by atoms with van der Waals surface area (Å²) in [7, 11) is 3.37. The van der Waals surface area contributed by atoms with Gasteiger partial charge in [-0.2, -0.15) is 0 Å². The first-order chi connectivity index (χ1) is 22.5. The number of benzene rings is 1. The quantitative estimate of drug-likeness (QED) is 0.114. The van der Waals surface area contributed by atoms with E-state index in [2.05, 4.69) is 41.6 Å². The third-order valence-corrected chi connectivity index (χ3v) is 10.5. The Labute approximate surface area is 285 Å². The highest BCUT2D eigenvalue weighted by molar-refractivity contribution is 7.94. The highest BCUT2D eigenvalue weighted by Gasteiger charge is 2.29. The lowest BCUT2D eigenvalue weighted by atomic mass is 9.87. The Hall–Kier alpha value is -2.87. The van der Waals surface area contributed by atoms with Crippen molar-refractivity contribution in [3.8, 4) is 0 Å². The Bertz CT molecular complexity index is 1200. The first kappa shape index (κ1) is 37.0. The van der Waals surface area contributed by atoms with Crippen molar-refractivity contribution in [1.29, 1.82) is 5.41 Å². The molecule has 3 aliphatic heterocycles. The zero-order valence-electron chi connectivity index (χ0n) is 29.0. The van der Waals surface area contributed by atoms with Crippen molar-refractivity contribution in [2.24, 2.45) is 5.92 Å². The minimum Gasteiger partial charge on any atom is -0.444 e. The summed E-state index contributed by atoms with van der Waals surface area (Å²) in [4.78, 5) is 39.4. The zero-order valence-corrected chi connectivity index (χ0v) is 29.8. The number of nitrogens with zero attached hydrogens (tertiary/aromatic N) is 4. The number of carbonyl (C=O) groups excluding carboxylic acids is 3. The Kier molecular flexibility index (Phi) is 13.8. The van der Waals surface area contributed by atoms with Gasteiger partial charge in [0.15, 0.2) is 0 Å². The molecular weight excluding hydrogens is 616 g/mol. The predicted molar refractivity (Wildman–Crippen MR) is 189 cm³/mol. The fourth-order valence-electron chi connectivity index (χ4n) is 6.71. The van der Waals surface area contributed by atoms with Gasteiger partial charge in [0.2, 0.25) is 0 Å². The second-order valence-corrected chi connectivity index (χ2v) is 15.1. The molecule has 3 saturated heterocycles. The minimum absolute atomic E-state index is 0.0820. The molecule has 0 aromatic heterocycles. The average molecular weight is 673 g/mol. The maximum Gasteiger partial charge on any atom is 0.407 e. The number of aldehydes is 1. The number of carbonyl (C=O) groups is 3. The standard InChI is InChI=1S/C34H56N8O4S/c1-34(2,3)46-33(45)38-28-13-20-41(21-14-28)47-40-18-9-25(10-19-40)24-39-16-11-26(12-17-39)27-7-8-29(30(23-27)36-4)31(35)42(15-6-22-43)32(44)37-5/h7-8,22-23,25-26,28,35-36H,6,9-21,24H2,1-5H3,(H,37,44)(H,38,45). The topological polar surface area (TPSA) is 133 Å². The SMILES string of the molecule is CNC(=O)N(CCC=O)C(=N)c1ccc(C2CCN(CC3CCN(SN4CCC(NC(=O)OC(C)(C)C)CC4)CC3)CC2)cc1NC. The molecule has 3 fully saturated rings. The molecule has 47 heavy (non-hydrogen) atoms. The number of rotatable bonds is 11. The van der Waals surface area contributed by atoms with Crippen LogP contribution >= 0.6 is 12.1 Å². The lowest BCUT2D eigenvalue weighted by molar-refractivity contribution is -0.107. The summed E-state index contributed by atoms with van der Waals surface area (Å²) in [5.41, 5.74) is 2.26. The molecule has 0 aliphatic carbocycles. The number of anilines is 1. The molecule has 3 amide bonds. The smallest absolute Gasteiger partial charge is 0.407 e. The largest absolute Gasteiger partial charge is 0.444 e. The normalized spacial score (nSPS) is 19.6. The van der Waals surface area contributed by atoms with Crippen molar-refractivity contribution in [1.82, 2.24) is 29.0 Å². The maximum absolute atomic E-state index is 12.4. The first-order valence-electron chi connectivity index (χ1n) is 17.2. The molecule has 13 heteroatoms. The maximum atomic E-state index is 12.4. The summed E-state index contributed by atoms with van der Waals surface area (Å²) < 4.78 is 10.4. The summed E-state index contributed by atoms with van der Waals surface area (Å²) in [6, 6.07) is 5.94. The Morgan fingerprint density at radius 1 is 1.00 bits per heavy atom. The van der Waals surface area contributed by atoms with Gasteiger partial charge in [0.05, 0.1) is 0 Å². The zero-order chi connectivity index (χ0) is 34.0. The number of alkyl carbamates (subject to hydrolysis) is 1. The fraction of sp³-hybridized carbons (Fsp3) is 0.706. The van der Waals surface area contributed by atoms with Crippen LogP contribution in [0.25, 0.3) is 0 Å². The van der Waals surface area contributed by atoms with Crippen LogP contribution in [0.15, 0.2) is 18.2 Å². The van der Waals surface area contributed by atoms with Gasteiger partial charge in [-0.1, -0.05) is 6.07 Å². The third-order valence-electron chi connectivity index (χ3n) is 9.32. The summed E-state index contributed by atoms with van der Waals surface area (Å²) in [6.07, 6.45) is 7.19. The van der Waals surface area contributed by atoms with Crippen molar-refractivity contribution in [3.63, 3.8) is 0 Å². The van der Waals surface area contributed by atoms with Gasteiger partial charge in [-0.05, 0) is 102 Å². The van der Waals surface area contributed by atoms with E-state index < -0.39 is 11.6 Å². The highest BCUT2D eigenvalue weighted by Crippen LogP contribution is 2.33. The van der Waals surface area contributed by atoms with Crippen molar-refractivity contribution in [2.75, 3.05) is 71.8 Å². The Balaban J connectivity index is 1.17. The summed E-state index contributed by atoms with van der Waals surface area (Å²) in [5, 5.41) is 17.5. The van der Waals surface area contributed by atoms with Gasteiger partial charge in [0.25, 0.3) is 0 Å². The van der Waals surface area contributed by atoms with Crippen LogP contribution in [0.5, 0.6) is 0 Å². The van der Waals surface area contributed by atoms with E-state index in [9.17, 15) is 14.4 Å². The van der Waals surface area contributed by atoms with E-state index in [-0.39, 0.29) is 30.9 Å². The van der Waals surface area contributed by atoms with E-state index >= 15 is 0 Å². The van der Waals surface area contributed by atoms with Gasteiger partial charge < -0.3 is 30.4 Å². The third kappa shape index (κ3) is 11.1. The number of amidine groups is 1. The minimum atomic E-state index is -0.471. The summed E-state index contributed by atoms with van der Waals surface area (Å²) in [5.74, 6) is 1.28. The molecule has 0 spiro atoms. The molecule has 262 valence electrons. The van der Waals surface area contributed by atoms with Crippen molar-refractivity contribution >= 4 is 42.1 Å². The summed E-state index contributed by atoms with van der Waals surface area (Å²) in [6.45, 7) is 13.4. The molecule has 0 saturated carbocycles. The van der Waals surface area contributed by atoms with Crippen molar-refractivity contribution in [2.45, 2.75) is 83.3 Å². The molecule has 4 rings (SSSR count). The highest BCUT2D eigenvalue weighted by atomic mass is 32.2. The van der Waals surface area contributed by atoms with Crippen molar-refractivity contribution < 1.29 is 19.1 Å². The first-order valence-corrected chi connectivity index (χ1v) is 18.0. The summed E-state index contributed by atoms with van der Waals surface area (Å²) >= 11 is 1.89. The fourth-order valence-corrected chi connectivity index (χ4v) is 7.79. The van der Waals surface area contributed by atoms with Crippen LogP contribution in [0.4, 0.5) is 15.3 Å². The number of nitrogens with one attached hydrogen (secondary N) is 4. The molecule has 1 aromatic rings. The van der Waals surface area contributed by atoms with Crippen LogP contribution in [0.1, 0.15) is 82.8 Å². The molecule has 3 aliphatic rings. The number of piperidine rings is 3. The number of urea groups is 1. The van der Waals surface area contributed by atoms with Crippen LogP contribution < -0.4 is 16.0 Å². The van der Waals surface area contributed by atoms with E-state index in [1.54, 1.807) is 0 Å². The average Bonchev–Trinajstić information content (AvgIpc) is 3.05. The van der Waals surface area contributed by atoms with E-state index in [4.69, 9.17) is 10.1 Å². The number of likely N-dealkylation sites (tertiary alicyclic amines) is 1. The van der Waals surface area contributed by atoms with Gasteiger partial charge in [-0.15, -0.1) is 0 Å². The molecule has 4 N–H and O–H groups in total. The van der Waals surface area contributed by atoms with Gasteiger partial charge in [0, 0.05) is 89.2 Å². The number of hydrogen-bond donors (Lipinski definition) is 4. The molecule has 0 unspecified atom stereocenters. The van der Waals surface area contributed by atoms with Crippen LogP contribution in [-0.2, 0) is 9.53 Å². The monoisotopic (exact) mass is 672 g/mol. The van der Waals surface area contributed by atoms with E-state index in [0.29, 0.717) is 11.5 Å². The molecule has 0 bridgehead atoms. The van der Waals surface area contributed by atoms with Crippen LogP contribution in [0.2, 0.25) is 0 Å². The Morgan fingerprint density at radius 2 is 1.64 bits per heavy atom. The van der Waals surface area contributed by atoms with Gasteiger partial charge in [-0.25, -0.2) is 18.2 Å². The number of amides is 3.